The molecule has 0 aromatic heterocycles. The van der Waals surface area contributed by atoms with Crippen molar-refractivity contribution in [1.29, 1.82) is 0 Å². The Morgan fingerprint density at radius 2 is 2.11 bits per heavy atom. The van der Waals surface area contributed by atoms with E-state index < -0.39 is 17.3 Å². The Balaban J connectivity index is 2.95. The van der Waals surface area contributed by atoms with Gasteiger partial charge in [-0.2, -0.15) is 0 Å². The first-order valence-electron chi connectivity index (χ1n) is 6.23. The second-order valence-corrected chi connectivity index (χ2v) is 5.09. The second kappa shape index (κ2) is 6.02. The number of hydrogen-bond acceptors (Lipinski definition) is 3. The normalized spacial score (nSPS) is 13.8. The summed E-state index contributed by atoms with van der Waals surface area (Å²) >= 11 is 0. The van der Waals surface area contributed by atoms with Gasteiger partial charge in [0.25, 0.3) is 5.91 Å². The molecule has 19 heavy (non-hydrogen) atoms. The van der Waals surface area contributed by atoms with Gasteiger partial charge in [-0.1, -0.05) is 6.92 Å². The van der Waals surface area contributed by atoms with Crippen LogP contribution in [0.4, 0.5) is 10.1 Å². The van der Waals surface area contributed by atoms with Crippen LogP contribution in [0.5, 0.6) is 0 Å². The molecular formula is C14H21FN2O2. The number of carbonyl (C=O) groups excluding carboxylic acids is 1. The number of anilines is 1. The summed E-state index contributed by atoms with van der Waals surface area (Å²) in [5.74, 6) is -1.08. The lowest BCUT2D eigenvalue weighted by Gasteiger charge is -2.27. The lowest BCUT2D eigenvalue weighted by molar-refractivity contribution is 0.0843. The largest absolute Gasteiger partial charge is 0.394 e. The number of benzene rings is 1. The molecule has 0 radical (unpaired) electrons. The molecule has 0 aliphatic heterocycles. The van der Waals surface area contributed by atoms with Crippen LogP contribution in [-0.2, 0) is 0 Å². The first kappa shape index (κ1) is 15.4. The van der Waals surface area contributed by atoms with E-state index in [0.29, 0.717) is 12.1 Å². The molecule has 0 bridgehead atoms. The number of nitrogens with one attached hydrogen (secondary N) is 1. The van der Waals surface area contributed by atoms with Crippen molar-refractivity contribution in [3.8, 4) is 0 Å². The topological polar surface area (TPSA) is 52.6 Å². The van der Waals surface area contributed by atoms with Crippen molar-refractivity contribution >= 4 is 11.6 Å². The lowest BCUT2D eigenvalue weighted by atomic mass is 9.99. The van der Waals surface area contributed by atoms with E-state index in [0.717, 1.165) is 0 Å². The van der Waals surface area contributed by atoms with Crippen molar-refractivity contribution in [2.24, 2.45) is 0 Å². The van der Waals surface area contributed by atoms with Crippen LogP contribution >= 0.6 is 0 Å². The van der Waals surface area contributed by atoms with Crippen molar-refractivity contribution in [2.45, 2.75) is 25.8 Å². The van der Waals surface area contributed by atoms with E-state index >= 15 is 0 Å². The van der Waals surface area contributed by atoms with E-state index in [9.17, 15) is 14.3 Å². The first-order valence-corrected chi connectivity index (χ1v) is 6.23. The van der Waals surface area contributed by atoms with Crippen LogP contribution in [0.1, 0.15) is 30.6 Å². The van der Waals surface area contributed by atoms with Gasteiger partial charge in [-0.15, -0.1) is 0 Å². The van der Waals surface area contributed by atoms with Crippen LogP contribution in [0.3, 0.4) is 0 Å². The van der Waals surface area contributed by atoms with Gasteiger partial charge in [-0.05, 0) is 31.5 Å². The Bertz CT molecular complexity index is 457. The second-order valence-electron chi connectivity index (χ2n) is 5.09. The first-order chi connectivity index (χ1) is 8.83. The van der Waals surface area contributed by atoms with E-state index in [1.54, 1.807) is 32.0 Å². The van der Waals surface area contributed by atoms with E-state index in [-0.39, 0.29) is 12.2 Å². The summed E-state index contributed by atoms with van der Waals surface area (Å²) in [5, 5.41) is 11.9. The van der Waals surface area contributed by atoms with Crippen molar-refractivity contribution in [3.63, 3.8) is 0 Å². The highest BCUT2D eigenvalue weighted by molar-refractivity contribution is 5.95. The summed E-state index contributed by atoms with van der Waals surface area (Å²) in [4.78, 5) is 13.8. The van der Waals surface area contributed by atoms with Crippen LogP contribution in [0.25, 0.3) is 0 Å². The molecule has 106 valence electrons. The molecular weight excluding hydrogens is 247 g/mol. The van der Waals surface area contributed by atoms with Gasteiger partial charge in [0.1, 0.15) is 5.82 Å². The predicted molar refractivity (Wildman–Crippen MR) is 74.0 cm³/mol. The Kier molecular flexibility index (Phi) is 4.89. The smallest absolute Gasteiger partial charge is 0.254 e. The van der Waals surface area contributed by atoms with Crippen LogP contribution in [-0.4, -0.2) is 37.3 Å². The minimum absolute atomic E-state index is 0.0151. The van der Waals surface area contributed by atoms with Gasteiger partial charge >= 0.3 is 0 Å². The number of aliphatic hydroxyl groups excluding tert-OH is 1. The quantitative estimate of drug-likeness (QED) is 0.856. The zero-order valence-corrected chi connectivity index (χ0v) is 11.8. The molecule has 0 saturated heterocycles. The lowest BCUT2D eigenvalue weighted by Crippen LogP contribution is -2.48. The Hall–Kier alpha value is -1.62. The van der Waals surface area contributed by atoms with Gasteiger partial charge in [0.2, 0.25) is 0 Å². The third-order valence-electron chi connectivity index (χ3n) is 3.26. The molecule has 1 amide bonds. The predicted octanol–water partition coefficient (Wildman–Crippen LogP) is 1.78. The SMILES string of the molecule is CCC(C)(CO)NC(=O)c1ccc(N(C)C)cc1F. The molecule has 1 unspecified atom stereocenters. The summed E-state index contributed by atoms with van der Waals surface area (Å²) in [6.07, 6.45) is 0.562. The fraction of sp³-hybridized carbons (Fsp3) is 0.500. The number of rotatable bonds is 5. The van der Waals surface area contributed by atoms with Crippen molar-refractivity contribution in [3.05, 3.63) is 29.6 Å². The molecule has 1 atom stereocenters. The number of carbonyl (C=O) groups is 1. The van der Waals surface area contributed by atoms with Gasteiger partial charge in [0.05, 0.1) is 17.7 Å². The Morgan fingerprint density at radius 1 is 1.47 bits per heavy atom. The van der Waals surface area contributed by atoms with E-state index in [4.69, 9.17) is 0 Å². The molecule has 1 aromatic rings. The molecule has 0 aliphatic carbocycles. The molecule has 0 saturated carbocycles. The van der Waals surface area contributed by atoms with E-state index in [1.165, 1.54) is 12.1 Å². The van der Waals surface area contributed by atoms with Crippen LogP contribution in [0.2, 0.25) is 0 Å². The summed E-state index contributed by atoms with van der Waals surface area (Å²) in [7, 11) is 3.60. The maximum absolute atomic E-state index is 13.9. The van der Waals surface area contributed by atoms with Gasteiger partial charge in [0.15, 0.2) is 0 Å². The highest BCUT2D eigenvalue weighted by Crippen LogP contribution is 2.18. The minimum atomic E-state index is -0.732. The average Bonchev–Trinajstić information content (AvgIpc) is 2.38. The van der Waals surface area contributed by atoms with Crippen LogP contribution in [0.15, 0.2) is 18.2 Å². The molecule has 5 heteroatoms. The fourth-order valence-corrected chi connectivity index (χ4v) is 1.55. The minimum Gasteiger partial charge on any atom is -0.394 e. The molecule has 2 N–H and O–H groups in total. The molecule has 0 spiro atoms. The number of amides is 1. The van der Waals surface area contributed by atoms with Crippen molar-refractivity contribution < 1.29 is 14.3 Å². The number of hydrogen-bond donors (Lipinski definition) is 2. The zero-order chi connectivity index (χ0) is 14.6. The van der Waals surface area contributed by atoms with Crippen molar-refractivity contribution in [2.75, 3.05) is 25.6 Å². The zero-order valence-electron chi connectivity index (χ0n) is 11.8. The van der Waals surface area contributed by atoms with E-state index in [1.807, 2.05) is 6.92 Å². The van der Waals surface area contributed by atoms with Gasteiger partial charge in [0, 0.05) is 19.8 Å². The average molecular weight is 268 g/mol. The summed E-state index contributed by atoms with van der Waals surface area (Å²) in [6.45, 7) is 3.38. The Labute approximate surface area is 113 Å². The maximum atomic E-state index is 13.9. The number of halogens is 1. The third-order valence-corrected chi connectivity index (χ3v) is 3.26. The Morgan fingerprint density at radius 3 is 2.53 bits per heavy atom. The molecule has 0 heterocycles. The summed E-state index contributed by atoms with van der Waals surface area (Å²) < 4.78 is 13.9. The van der Waals surface area contributed by atoms with Crippen LogP contribution < -0.4 is 10.2 Å². The molecule has 0 aliphatic rings. The third kappa shape index (κ3) is 3.67. The van der Waals surface area contributed by atoms with Gasteiger partial charge in [-0.25, -0.2) is 4.39 Å². The van der Waals surface area contributed by atoms with Crippen LogP contribution in [0, 0.1) is 5.82 Å². The maximum Gasteiger partial charge on any atom is 0.254 e. The van der Waals surface area contributed by atoms with Gasteiger partial charge < -0.3 is 15.3 Å². The van der Waals surface area contributed by atoms with Gasteiger partial charge in [-0.3, -0.25) is 4.79 Å². The highest BCUT2D eigenvalue weighted by atomic mass is 19.1. The molecule has 1 aromatic carbocycles. The molecule has 4 nitrogen and oxygen atoms in total. The molecule has 1 rings (SSSR count). The number of aliphatic hydroxyl groups is 1. The fourth-order valence-electron chi connectivity index (χ4n) is 1.55. The molecule has 0 fully saturated rings. The summed E-state index contributed by atoms with van der Waals surface area (Å²) in [6, 6.07) is 4.45. The van der Waals surface area contributed by atoms with E-state index in [2.05, 4.69) is 5.32 Å². The monoisotopic (exact) mass is 268 g/mol. The standard InChI is InChI=1S/C14H21FN2O2/c1-5-14(2,9-18)16-13(19)11-7-6-10(17(3)4)8-12(11)15/h6-8,18H,5,9H2,1-4H3,(H,16,19). The summed E-state index contributed by atoms with van der Waals surface area (Å²) in [5.41, 5.74) is -0.0582. The highest BCUT2D eigenvalue weighted by Gasteiger charge is 2.25. The number of nitrogens with zero attached hydrogens (tertiary/aromatic N) is 1. The van der Waals surface area contributed by atoms with Crippen molar-refractivity contribution in [1.82, 2.24) is 5.32 Å².